The number of carbonyl (C=O) groups excluding carboxylic acids is 5. The molecule has 0 heterocycles. The molecule has 0 fully saturated rings. The molecule has 40 heavy (non-hydrogen) atoms. The first-order valence-electron chi connectivity index (χ1n) is 13.2. The number of alkyl carbamates (subject to hydrolysis) is 1. The molecule has 1 amide bonds. The largest absolute Gasteiger partial charge is 0.461 e. The first-order chi connectivity index (χ1) is 18.4. The fourth-order valence-corrected chi connectivity index (χ4v) is 3.59. The van der Waals surface area contributed by atoms with Gasteiger partial charge in [0.2, 0.25) is 0 Å². The van der Waals surface area contributed by atoms with E-state index in [4.69, 9.17) is 18.9 Å². The molecule has 0 bridgehead atoms. The van der Waals surface area contributed by atoms with Gasteiger partial charge in [0.1, 0.15) is 24.4 Å². The summed E-state index contributed by atoms with van der Waals surface area (Å²) in [7, 11) is 0. The van der Waals surface area contributed by atoms with Crippen molar-refractivity contribution in [3.05, 3.63) is 48.6 Å². The van der Waals surface area contributed by atoms with E-state index in [0.29, 0.717) is 5.56 Å². The second-order valence-corrected chi connectivity index (χ2v) is 11.7. The SMILES string of the molecule is C=CCOC(=O)C(C(=O)OCc1ccccc1)[C@H](CC(=O)[C@@H](NC(=O)OC(C)(C)C)C(C)C)C(=O)OC(C)(C)C. The Balaban J connectivity index is 3.39. The minimum Gasteiger partial charge on any atom is -0.461 e. The Morgan fingerprint density at radius 2 is 1.40 bits per heavy atom. The van der Waals surface area contributed by atoms with Crippen LogP contribution in [0.25, 0.3) is 0 Å². The summed E-state index contributed by atoms with van der Waals surface area (Å²) in [6.07, 6.45) is -0.128. The van der Waals surface area contributed by atoms with Crippen LogP contribution in [-0.2, 0) is 44.7 Å². The highest BCUT2D eigenvalue weighted by molar-refractivity contribution is 6.01. The molecular weight excluding hydrogens is 518 g/mol. The lowest BCUT2D eigenvalue weighted by Gasteiger charge is -2.29. The molecule has 10 heteroatoms. The van der Waals surface area contributed by atoms with Crippen molar-refractivity contribution in [2.75, 3.05) is 6.61 Å². The van der Waals surface area contributed by atoms with Crippen LogP contribution in [0.3, 0.4) is 0 Å². The highest BCUT2D eigenvalue weighted by atomic mass is 16.6. The zero-order valence-electron chi connectivity index (χ0n) is 24.8. The zero-order chi connectivity index (χ0) is 30.7. The highest BCUT2D eigenvalue weighted by Crippen LogP contribution is 2.26. The summed E-state index contributed by atoms with van der Waals surface area (Å²) in [5.74, 6) is -7.49. The van der Waals surface area contributed by atoms with Crippen molar-refractivity contribution in [2.24, 2.45) is 17.8 Å². The van der Waals surface area contributed by atoms with E-state index in [1.54, 1.807) is 85.7 Å². The number of ketones is 1. The van der Waals surface area contributed by atoms with Crippen molar-refractivity contribution in [1.82, 2.24) is 5.32 Å². The van der Waals surface area contributed by atoms with Crippen molar-refractivity contribution in [3.63, 3.8) is 0 Å². The summed E-state index contributed by atoms with van der Waals surface area (Å²) in [6, 6.07) is 7.67. The predicted molar refractivity (Wildman–Crippen MR) is 148 cm³/mol. The number of hydrogen-bond donors (Lipinski definition) is 1. The maximum absolute atomic E-state index is 13.5. The Morgan fingerprint density at radius 1 is 0.850 bits per heavy atom. The lowest BCUT2D eigenvalue weighted by atomic mass is 9.84. The number of hydrogen-bond acceptors (Lipinski definition) is 9. The smallest absolute Gasteiger partial charge is 0.408 e. The number of ether oxygens (including phenoxy) is 4. The third kappa shape index (κ3) is 12.4. The van der Waals surface area contributed by atoms with Gasteiger partial charge >= 0.3 is 24.0 Å². The minimum absolute atomic E-state index is 0.172. The van der Waals surface area contributed by atoms with Crippen LogP contribution in [0.15, 0.2) is 43.0 Å². The molecule has 0 aliphatic rings. The maximum atomic E-state index is 13.5. The third-order valence-electron chi connectivity index (χ3n) is 5.29. The molecule has 0 radical (unpaired) electrons. The molecule has 1 rings (SSSR count). The van der Waals surface area contributed by atoms with E-state index < -0.39 is 71.2 Å². The van der Waals surface area contributed by atoms with Gasteiger partial charge in [-0.15, -0.1) is 0 Å². The van der Waals surface area contributed by atoms with E-state index in [0.717, 1.165) is 0 Å². The van der Waals surface area contributed by atoms with Gasteiger partial charge in [0.05, 0.1) is 12.0 Å². The van der Waals surface area contributed by atoms with Crippen molar-refractivity contribution in [2.45, 2.75) is 85.7 Å². The minimum atomic E-state index is -1.81. The normalized spacial score (nSPS) is 13.8. The average Bonchev–Trinajstić information content (AvgIpc) is 2.82. The van der Waals surface area contributed by atoms with Gasteiger partial charge in [0, 0.05) is 6.42 Å². The Labute approximate surface area is 236 Å². The number of amides is 1. The number of benzene rings is 1. The van der Waals surface area contributed by atoms with E-state index in [1.807, 2.05) is 0 Å². The molecule has 0 aliphatic carbocycles. The summed E-state index contributed by atoms with van der Waals surface area (Å²) in [5.41, 5.74) is -1.15. The van der Waals surface area contributed by atoms with Gasteiger partial charge in [0.15, 0.2) is 11.7 Å². The van der Waals surface area contributed by atoms with Crippen LogP contribution in [0.5, 0.6) is 0 Å². The summed E-state index contributed by atoms with van der Waals surface area (Å²) in [4.78, 5) is 65.7. The molecule has 0 aliphatic heterocycles. The zero-order valence-corrected chi connectivity index (χ0v) is 24.8. The number of esters is 3. The molecule has 0 saturated heterocycles. The summed E-state index contributed by atoms with van der Waals surface area (Å²) in [6.45, 7) is 16.4. The Morgan fingerprint density at radius 3 is 1.90 bits per heavy atom. The van der Waals surface area contributed by atoms with E-state index in [2.05, 4.69) is 11.9 Å². The van der Waals surface area contributed by atoms with Gasteiger partial charge < -0.3 is 24.3 Å². The van der Waals surface area contributed by atoms with Crippen molar-refractivity contribution in [1.29, 1.82) is 0 Å². The number of carbonyl (C=O) groups is 5. The van der Waals surface area contributed by atoms with Crippen LogP contribution in [-0.4, -0.2) is 53.6 Å². The predicted octanol–water partition coefficient (Wildman–Crippen LogP) is 4.54. The fourth-order valence-electron chi connectivity index (χ4n) is 3.59. The van der Waals surface area contributed by atoms with Crippen molar-refractivity contribution in [3.8, 4) is 0 Å². The monoisotopic (exact) mass is 561 g/mol. The first kappa shape index (κ1) is 34.3. The molecule has 10 nitrogen and oxygen atoms in total. The summed E-state index contributed by atoms with van der Waals surface area (Å²) >= 11 is 0. The van der Waals surface area contributed by atoms with E-state index in [1.165, 1.54) is 6.08 Å². The van der Waals surface area contributed by atoms with Gasteiger partial charge in [-0.05, 0) is 53.0 Å². The molecule has 1 aromatic rings. The van der Waals surface area contributed by atoms with Gasteiger partial charge in [-0.1, -0.05) is 56.8 Å². The van der Waals surface area contributed by atoms with Crippen LogP contribution in [0.1, 0.15) is 67.4 Å². The first-order valence-corrected chi connectivity index (χ1v) is 13.2. The molecule has 3 atom stereocenters. The van der Waals surface area contributed by atoms with Crippen molar-refractivity contribution < 1.29 is 42.9 Å². The van der Waals surface area contributed by atoms with Crippen molar-refractivity contribution >= 4 is 29.8 Å². The molecule has 1 unspecified atom stereocenters. The van der Waals surface area contributed by atoms with Gasteiger partial charge in [-0.2, -0.15) is 0 Å². The second-order valence-electron chi connectivity index (χ2n) is 11.7. The Kier molecular flexibility index (Phi) is 13.0. The number of nitrogens with one attached hydrogen (secondary N) is 1. The number of rotatable bonds is 13. The average molecular weight is 562 g/mol. The van der Waals surface area contributed by atoms with Crippen LogP contribution in [0, 0.1) is 17.8 Å². The standard InChI is InChI=1S/C30H43NO9/c1-10-16-37-26(34)23(27(35)38-18-20-14-12-11-13-15-20)21(25(33)39-29(4,5)6)17-22(32)24(19(2)3)31-28(36)40-30(7,8)9/h10-15,19,21,23-24H,1,16-18H2,2-9H3,(H,31,36)/t21-,23?,24-/m0/s1. The van der Waals surface area contributed by atoms with Gasteiger partial charge in [-0.3, -0.25) is 19.2 Å². The summed E-state index contributed by atoms with van der Waals surface area (Å²) < 4.78 is 21.3. The Hall–Kier alpha value is -3.69. The maximum Gasteiger partial charge on any atom is 0.408 e. The quantitative estimate of drug-likeness (QED) is 0.159. The molecule has 0 spiro atoms. The highest BCUT2D eigenvalue weighted by Gasteiger charge is 2.46. The lowest BCUT2D eigenvalue weighted by Crippen LogP contribution is -2.49. The molecule has 1 N–H and O–H groups in total. The van der Waals surface area contributed by atoms with E-state index in [-0.39, 0.29) is 13.2 Å². The van der Waals surface area contributed by atoms with Crippen LogP contribution in [0.4, 0.5) is 4.79 Å². The number of Topliss-reactive ketones (excluding diaryl/α,β-unsaturated/α-hetero) is 1. The molecule has 1 aromatic carbocycles. The summed E-state index contributed by atoms with van der Waals surface area (Å²) in [5, 5.41) is 2.54. The molecule has 0 aromatic heterocycles. The topological polar surface area (TPSA) is 134 Å². The molecule has 0 saturated carbocycles. The molecule has 222 valence electrons. The van der Waals surface area contributed by atoms with Crippen LogP contribution >= 0.6 is 0 Å². The molecular formula is C30H43NO9. The second kappa shape index (κ2) is 15.2. The van der Waals surface area contributed by atoms with Gasteiger partial charge in [-0.25, -0.2) is 4.79 Å². The third-order valence-corrected chi connectivity index (χ3v) is 5.29. The Bertz CT molecular complexity index is 1040. The van der Waals surface area contributed by atoms with Gasteiger partial charge in [0.25, 0.3) is 0 Å². The lowest BCUT2D eigenvalue weighted by molar-refractivity contribution is -0.177. The fraction of sp³-hybridized carbons (Fsp3) is 0.567. The van der Waals surface area contributed by atoms with Crippen LogP contribution < -0.4 is 5.32 Å². The van der Waals surface area contributed by atoms with E-state index in [9.17, 15) is 24.0 Å². The van der Waals surface area contributed by atoms with Crippen LogP contribution in [0.2, 0.25) is 0 Å². The van der Waals surface area contributed by atoms with E-state index >= 15 is 0 Å².